The van der Waals surface area contributed by atoms with Gasteiger partial charge in [0.1, 0.15) is 17.7 Å². The second-order valence-electron chi connectivity index (χ2n) is 12.5. The van der Waals surface area contributed by atoms with Crippen LogP contribution in [0.1, 0.15) is 49.5 Å². The molecule has 2 aliphatic rings. The van der Waals surface area contributed by atoms with E-state index in [1.165, 1.54) is 30.3 Å². The summed E-state index contributed by atoms with van der Waals surface area (Å²) in [6.45, 7) is 4.41. The number of hydrogen-bond acceptors (Lipinski definition) is 14. The van der Waals surface area contributed by atoms with Gasteiger partial charge >= 0.3 is 0 Å². The minimum Gasteiger partial charge on any atom is -0.382 e. The molecule has 0 bridgehead atoms. The molecule has 0 spiro atoms. The summed E-state index contributed by atoms with van der Waals surface area (Å²) in [7, 11) is 0. The van der Waals surface area contributed by atoms with Crippen LogP contribution in [-0.2, 0) is 19.1 Å². The molecule has 1 saturated heterocycles. The predicted molar refractivity (Wildman–Crippen MR) is 209 cm³/mol. The molecule has 1 aromatic heterocycles. The lowest BCUT2D eigenvalue weighted by atomic mass is 10.0. The molecule has 1 atom stereocenters. The Morgan fingerprint density at radius 3 is 2.48 bits per heavy atom. The van der Waals surface area contributed by atoms with Gasteiger partial charge in [-0.2, -0.15) is 4.98 Å². The van der Waals surface area contributed by atoms with Crippen LogP contribution >= 0.6 is 27.9 Å². The van der Waals surface area contributed by atoms with Gasteiger partial charge in [0.05, 0.1) is 53.3 Å². The number of primary amides is 1. The summed E-state index contributed by atoms with van der Waals surface area (Å²) >= 11 is 4.84. The maximum absolute atomic E-state index is 14.2. The normalized spacial score (nSPS) is 15.1. The van der Waals surface area contributed by atoms with Crippen LogP contribution in [0.5, 0.6) is 0 Å². The fraction of sp³-hybridized carbons (Fsp3) is 0.270. The largest absolute Gasteiger partial charge is 0.382 e. The molecule has 1 fully saturated rings. The van der Waals surface area contributed by atoms with E-state index in [-0.39, 0.29) is 41.2 Å². The van der Waals surface area contributed by atoms with E-state index < -0.39 is 41.4 Å². The highest BCUT2D eigenvalue weighted by Crippen LogP contribution is 2.33. The number of rotatable bonds is 18. The maximum Gasteiger partial charge on any atom is 0.264 e. The summed E-state index contributed by atoms with van der Waals surface area (Å²) < 4.78 is 29.3. The first-order chi connectivity index (χ1) is 27.0. The molecule has 0 aliphatic carbocycles. The van der Waals surface area contributed by atoms with Crippen LogP contribution in [0.25, 0.3) is 0 Å². The Bertz CT molecular complexity index is 2180. The Balaban J connectivity index is 0.873. The first-order valence-electron chi connectivity index (χ1n) is 17.4. The molecule has 0 radical (unpaired) electrons. The molecule has 5 amide bonds. The van der Waals surface area contributed by atoms with E-state index >= 15 is 0 Å². The van der Waals surface area contributed by atoms with Gasteiger partial charge in [-0.1, -0.05) is 12.1 Å². The molecule has 292 valence electrons. The average Bonchev–Trinajstić information content (AvgIpc) is 3.42. The Morgan fingerprint density at radius 1 is 0.982 bits per heavy atom. The lowest BCUT2D eigenvalue weighted by molar-refractivity contribution is -0.136. The number of nitrogens with zero attached hydrogens (tertiary/aromatic N) is 3. The molecule has 1 unspecified atom stereocenters. The lowest BCUT2D eigenvalue weighted by Crippen LogP contribution is -2.54. The fourth-order valence-corrected chi connectivity index (χ4v) is 6.99. The van der Waals surface area contributed by atoms with Gasteiger partial charge in [-0.05, 0) is 89.3 Å². The van der Waals surface area contributed by atoms with Crippen molar-refractivity contribution in [3.05, 3.63) is 93.3 Å². The maximum atomic E-state index is 14.2. The number of nitrogens with two attached hydrogens (primary N) is 1. The molecule has 4 aromatic rings. The van der Waals surface area contributed by atoms with Crippen molar-refractivity contribution in [3.8, 4) is 0 Å². The van der Waals surface area contributed by atoms with Gasteiger partial charge in [-0.15, -0.1) is 0 Å². The molecule has 2 aliphatic heterocycles. The number of piperidine rings is 1. The number of aromatic nitrogens is 2. The van der Waals surface area contributed by atoms with Gasteiger partial charge in [0, 0.05) is 42.0 Å². The third-order valence-corrected chi connectivity index (χ3v) is 10.1. The van der Waals surface area contributed by atoms with Crippen LogP contribution in [0.3, 0.4) is 0 Å². The number of carbonyl (C=O) groups excluding carboxylic acids is 5. The van der Waals surface area contributed by atoms with Crippen molar-refractivity contribution in [2.75, 3.05) is 55.5 Å². The zero-order valence-electron chi connectivity index (χ0n) is 29.9. The molecule has 3 heterocycles. The van der Waals surface area contributed by atoms with E-state index in [9.17, 15) is 28.4 Å². The molecule has 56 heavy (non-hydrogen) atoms. The highest BCUT2D eigenvalue weighted by atomic mass is 79.9. The quantitative estimate of drug-likeness (QED) is 0.0464. The van der Waals surface area contributed by atoms with Crippen molar-refractivity contribution >= 4 is 86.2 Å². The van der Waals surface area contributed by atoms with Crippen molar-refractivity contribution < 1.29 is 37.8 Å². The van der Waals surface area contributed by atoms with Gasteiger partial charge in [0.2, 0.25) is 17.8 Å². The summed E-state index contributed by atoms with van der Waals surface area (Å²) in [5, 5.41) is 11.5. The summed E-state index contributed by atoms with van der Waals surface area (Å²) in [5.74, 6) is -3.27. The molecule has 7 N–H and O–H groups in total. The van der Waals surface area contributed by atoms with Gasteiger partial charge in [-0.25, -0.2) is 9.37 Å². The molecule has 0 saturated carbocycles. The number of anilines is 5. The Hall–Kier alpha value is -5.47. The number of ether oxygens (including phenoxy) is 2. The van der Waals surface area contributed by atoms with Crippen molar-refractivity contribution in [3.63, 3.8) is 0 Å². The van der Waals surface area contributed by atoms with Gasteiger partial charge in [0.25, 0.3) is 17.7 Å². The third kappa shape index (κ3) is 9.48. The molecule has 3 aromatic carbocycles. The number of nitrogens with one attached hydrogen (secondary N) is 5. The number of hydrogen-bond donors (Lipinski definition) is 6. The topological polar surface area (TPSA) is 219 Å². The summed E-state index contributed by atoms with van der Waals surface area (Å²) in [6, 6.07) is 13.8. The van der Waals surface area contributed by atoms with Crippen LogP contribution in [-0.4, -0.2) is 90.0 Å². The fourth-order valence-electron chi connectivity index (χ4n) is 5.97. The predicted octanol–water partition coefficient (Wildman–Crippen LogP) is 4.42. The molecular weight excluding hydrogens is 813 g/mol. The van der Waals surface area contributed by atoms with E-state index in [0.29, 0.717) is 55.5 Å². The number of imide groups is 2. The summed E-state index contributed by atoms with van der Waals surface area (Å²) in [4.78, 5) is 72.6. The van der Waals surface area contributed by atoms with Crippen LogP contribution < -0.4 is 31.7 Å². The third-order valence-electron chi connectivity index (χ3n) is 8.64. The van der Waals surface area contributed by atoms with Crippen molar-refractivity contribution in [2.45, 2.75) is 30.7 Å². The second-order valence-corrected chi connectivity index (χ2v) is 14.3. The minimum absolute atomic E-state index is 0.0542. The SMILES string of the molecule is Cc1cc(SNCCOCCOCCNc2cccc3c2C(=O)N(C2CCC(=O)NC2=O)C3=O)ccc1Nc1ncc(Br)c(Nc2cccc(F)c2C(N)=O)n1. The first kappa shape index (κ1) is 40.2. The lowest BCUT2D eigenvalue weighted by Gasteiger charge is -2.27. The highest BCUT2D eigenvalue weighted by Gasteiger charge is 2.45. The molecule has 16 nitrogen and oxygen atoms in total. The zero-order valence-corrected chi connectivity index (χ0v) is 32.4. The smallest absolute Gasteiger partial charge is 0.264 e. The highest BCUT2D eigenvalue weighted by molar-refractivity contribution is 9.10. The van der Waals surface area contributed by atoms with Crippen molar-refractivity contribution in [1.82, 2.24) is 24.9 Å². The average molecular weight is 851 g/mol. The Labute approximate surface area is 333 Å². The zero-order chi connectivity index (χ0) is 39.8. The van der Waals surface area contributed by atoms with Crippen molar-refractivity contribution in [2.24, 2.45) is 5.73 Å². The summed E-state index contributed by atoms with van der Waals surface area (Å²) in [6.07, 6.45) is 1.68. The van der Waals surface area contributed by atoms with E-state index in [1.807, 2.05) is 25.1 Å². The molecule has 19 heteroatoms. The summed E-state index contributed by atoms with van der Waals surface area (Å²) in [5.41, 5.74) is 7.86. The van der Waals surface area contributed by atoms with Crippen LogP contribution in [0.15, 0.2) is 70.2 Å². The number of benzene rings is 3. The minimum atomic E-state index is -1.03. The van der Waals surface area contributed by atoms with E-state index in [1.54, 1.807) is 18.2 Å². The number of amides is 5. The van der Waals surface area contributed by atoms with Crippen LogP contribution in [0, 0.1) is 12.7 Å². The van der Waals surface area contributed by atoms with Crippen LogP contribution in [0.2, 0.25) is 0 Å². The molecule has 6 rings (SSSR count). The molecular formula is C37H37BrFN9O7S. The van der Waals surface area contributed by atoms with E-state index in [2.05, 4.69) is 51.9 Å². The number of halogens is 2. The first-order valence-corrected chi connectivity index (χ1v) is 19.0. The Morgan fingerprint density at radius 2 is 1.73 bits per heavy atom. The Kier molecular flexibility index (Phi) is 13.2. The number of fused-ring (bicyclic) bond motifs is 1. The van der Waals surface area contributed by atoms with Gasteiger partial charge in [-0.3, -0.25) is 38.9 Å². The van der Waals surface area contributed by atoms with Gasteiger partial charge < -0.3 is 31.2 Å². The monoisotopic (exact) mass is 849 g/mol. The second kappa shape index (κ2) is 18.4. The van der Waals surface area contributed by atoms with E-state index in [0.717, 1.165) is 27.1 Å². The number of carbonyl (C=O) groups is 5. The number of aryl methyl sites for hydroxylation is 1. The van der Waals surface area contributed by atoms with E-state index in [4.69, 9.17) is 15.2 Å². The standard InChI is InChI=1S/C37H37BrFN9O7S/c1-20-18-21(8-9-25(20)45-37-42-19-23(38)33(47-37)44-27-7-3-5-24(39)31(27)32(40)50)56-43-13-15-55-17-16-54-14-12-41-26-6-2-4-22-30(26)36(53)48(35(22)52)28-10-11-29(49)46-34(28)51/h2-9,18-19,28,41,43H,10-17H2,1H3,(H2,40,50)(H,46,49,51)(H2,42,44,45,47). The van der Waals surface area contributed by atoms with Crippen molar-refractivity contribution in [1.29, 1.82) is 0 Å². The van der Waals surface area contributed by atoms with Crippen LogP contribution in [0.4, 0.5) is 33.2 Å². The van der Waals surface area contributed by atoms with Gasteiger partial charge in [0.15, 0.2) is 0 Å².